The fraction of sp³-hybridized carbons (Fsp3) is 0.300. The molecule has 5 heteroatoms. The molecule has 0 aliphatic heterocycles. The molecule has 0 spiro atoms. The van der Waals surface area contributed by atoms with Crippen molar-refractivity contribution in [3.8, 4) is 5.75 Å². The van der Waals surface area contributed by atoms with E-state index in [0.29, 0.717) is 5.75 Å². The van der Waals surface area contributed by atoms with Crippen LogP contribution in [0.15, 0.2) is 30.3 Å². The molecule has 0 amide bonds. The molecule has 4 nitrogen and oxygen atoms in total. The molecule has 0 aromatic heterocycles. The van der Waals surface area contributed by atoms with Crippen molar-refractivity contribution in [1.82, 2.24) is 0 Å². The molecule has 15 heavy (non-hydrogen) atoms. The Kier molecular flexibility index (Phi) is 4.78. The first-order valence-electron chi connectivity index (χ1n) is 4.47. The van der Waals surface area contributed by atoms with Crippen molar-refractivity contribution < 1.29 is 18.6 Å². The number of esters is 1. The molecule has 1 aromatic carbocycles. The van der Waals surface area contributed by atoms with Gasteiger partial charge in [0.05, 0.1) is 13.5 Å². The third kappa shape index (κ3) is 4.56. The number of benzene rings is 1. The number of hydrogen-bond acceptors (Lipinski definition) is 4. The summed E-state index contributed by atoms with van der Waals surface area (Å²) in [6, 6.07) is 8.85. The third-order valence-electron chi connectivity index (χ3n) is 1.68. The van der Waals surface area contributed by atoms with Gasteiger partial charge in [-0.3, -0.25) is 9.32 Å². The average Bonchev–Trinajstić information content (AvgIpc) is 2.27. The highest BCUT2D eigenvalue weighted by atomic mass is 31.1. The van der Waals surface area contributed by atoms with E-state index in [-0.39, 0.29) is 18.6 Å². The van der Waals surface area contributed by atoms with Gasteiger partial charge in [0.15, 0.2) is 11.9 Å². The quantitative estimate of drug-likeness (QED) is 0.572. The second-order valence-corrected chi connectivity index (χ2v) is 4.08. The van der Waals surface area contributed by atoms with E-state index in [0.717, 1.165) is 0 Å². The molecule has 80 valence electrons. The van der Waals surface area contributed by atoms with Gasteiger partial charge in [-0.1, -0.05) is 18.2 Å². The third-order valence-corrected chi connectivity index (χ3v) is 2.68. The van der Waals surface area contributed by atoms with Crippen LogP contribution in [0.2, 0.25) is 0 Å². The monoisotopic (exact) mass is 227 g/mol. The first-order chi connectivity index (χ1) is 7.22. The number of carbonyl (C=O) groups is 1. The first kappa shape index (κ1) is 11.7. The molecule has 0 bridgehead atoms. The maximum atomic E-state index is 11.4. The van der Waals surface area contributed by atoms with E-state index in [1.54, 1.807) is 24.3 Å². The van der Waals surface area contributed by atoms with Gasteiger partial charge in [-0.05, 0) is 16.7 Å². The van der Waals surface area contributed by atoms with E-state index >= 15 is 0 Å². The smallest absolute Gasteiger partial charge is 0.469 e. The van der Waals surface area contributed by atoms with E-state index in [1.807, 2.05) is 6.07 Å². The Hall–Kier alpha value is -1.41. The zero-order valence-electron chi connectivity index (χ0n) is 8.38. The van der Waals surface area contributed by atoms with Crippen LogP contribution in [0.5, 0.6) is 5.75 Å². The van der Waals surface area contributed by atoms with Crippen molar-refractivity contribution in [3.05, 3.63) is 30.3 Å². The fourth-order valence-electron chi connectivity index (χ4n) is 0.929. The molecular weight excluding hydrogens is 215 g/mol. The van der Waals surface area contributed by atoms with Crippen LogP contribution < -0.4 is 4.52 Å². The predicted molar refractivity (Wildman–Crippen MR) is 56.2 cm³/mol. The molecule has 0 aliphatic carbocycles. The number of rotatable bonds is 5. The molecule has 1 aromatic rings. The van der Waals surface area contributed by atoms with Gasteiger partial charge < -0.3 is 4.74 Å². The Balaban J connectivity index is 2.34. The normalized spacial score (nSPS) is 10.6. The van der Waals surface area contributed by atoms with Crippen LogP contribution in [0.25, 0.3) is 0 Å². The van der Waals surface area contributed by atoms with Crippen molar-refractivity contribution in [3.63, 3.8) is 0 Å². The van der Waals surface area contributed by atoms with E-state index in [9.17, 15) is 9.36 Å². The summed E-state index contributed by atoms with van der Waals surface area (Å²) in [6.45, 7) is 0. The second-order valence-electron chi connectivity index (χ2n) is 2.79. The van der Waals surface area contributed by atoms with Gasteiger partial charge in [0.1, 0.15) is 0 Å². The molecule has 0 radical (unpaired) electrons. The predicted octanol–water partition coefficient (Wildman–Crippen LogP) is 2.37. The number of methoxy groups -OCH3 is 1. The van der Waals surface area contributed by atoms with Crippen LogP contribution >= 0.6 is 8.03 Å². The Morgan fingerprint density at radius 1 is 1.33 bits per heavy atom. The SMILES string of the molecule is COC(=O)CC[P+](=O)Oc1ccccc1. The number of carbonyl (C=O) groups excluding carboxylic acids is 1. The number of hydrogen-bond donors (Lipinski definition) is 0. The summed E-state index contributed by atoms with van der Waals surface area (Å²) in [5.74, 6) is 0.165. The lowest BCUT2D eigenvalue weighted by Crippen LogP contribution is -2.01. The minimum atomic E-state index is -1.85. The Bertz CT molecular complexity index is 337. The van der Waals surface area contributed by atoms with Gasteiger partial charge in [0.25, 0.3) is 0 Å². The van der Waals surface area contributed by atoms with E-state index in [1.165, 1.54) is 7.11 Å². The lowest BCUT2D eigenvalue weighted by atomic mass is 10.3. The Labute approximate surface area is 89.1 Å². The lowest BCUT2D eigenvalue weighted by molar-refractivity contribution is -0.140. The molecule has 1 rings (SSSR count). The van der Waals surface area contributed by atoms with Gasteiger partial charge in [0.2, 0.25) is 0 Å². The lowest BCUT2D eigenvalue weighted by Gasteiger charge is -1.93. The fourth-order valence-corrected chi connectivity index (χ4v) is 1.74. The average molecular weight is 227 g/mol. The van der Waals surface area contributed by atoms with Gasteiger partial charge in [-0.25, -0.2) is 0 Å². The summed E-state index contributed by atoms with van der Waals surface area (Å²) in [5, 5.41) is 0. The van der Waals surface area contributed by atoms with Crippen LogP contribution in [0.1, 0.15) is 6.42 Å². The highest BCUT2D eigenvalue weighted by Crippen LogP contribution is 2.26. The van der Waals surface area contributed by atoms with Gasteiger partial charge in [-0.15, -0.1) is 0 Å². The van der Waals surface area contributed by atoms with Gasteiger partial charge >= 0.3 is 14.0 Å². The molecule has 0 saturated carbocycles. The standard InChI is InChI=1S/C10H12O4P/c1-13-10(11)7-8-15(12)14-9-5-3-2-4-6-9/h2-6H,7-8H2,1H3/q+1. The minimum absolute atomic E-state index is 0.110. The molecule has 0 fully saturated rings. The van der Waals surface area contributed by atoms with Gasteiger partial charge in [0, 0.05) is 0 Å². The Morgan fingerprint density at radius 2 is 2.00 bits per heavy atom. The molecule has 0 N–H and O–H groups in total. The van der Waals surface area contributed by atoms with Crippen LogP contribution in [0.4, 0.5) is 0 Å². The molecular formula is C10H12O4P+. The molecule has 0 saturated heterocycles. The largest absolute Gasteiger partial charge is 0.556 e. The first-order valence-corrected chi connectivity index (χ1v) is 5.83. The summed E-state index contributed by atoms with van der Waals surface area (Å²) in [4.78, 5) is 10.8. The topological polar surface area (TPSA) is 52.6 Å². The van der Waals surface area contributed by atoms with Crippen molar-refractivity contribution in [1.29, 1.82) is 0 Å². The van der Waals surface area contributed by atoms with Crippen molar-refractivity contribution in [2.45, 2.75) is 6.42 Å². The zero-order valence-corrected chi connectivity index (χ0v) is 9.28. The van der Waals surface area contributed by atoms with Crippen molar-refractivity contribution >= 4 is 14.0 Å². The highest BCUT2D eigenvalue weighted by Gasteiger charge is 2.20. The number of ether oxygens (including phenoxy) is 1. The maximum absolute atomic E-state index is 11.4. The van der Waals surface area contributed by atoms with Gasteiger partial charge in [-0.2, -0.15) is 0 Å². The van der Waals surface area contributed by atoms with Crippen LogP contribution in [-0.4, -0.2) is 19.2 Å². The van der Waals surface area contributed by atoms with Crippen LogP contribution in [0, 0.1) is 0 Å². The van der Waals surface area contributed by atoms with Crippen molar-refractivity contribution in [2.75, 3.05) is 13.3 Å². The van der Waals surface area contributed by atoms with Crippen molar-refractivity contribution in [2.24, 2.45) is 0 Å². The van der Waals surface area contributed by atoms with E-state index in [2.05, 4.69) is 4.74 Å². The summed E-state index contributed by atoms with van der Waals surface area (Å²) in [5.41, 5.74) is 0. The molecule has 0 aliphatic rings. The molecule has 0 heterocycles. The number of para-hydroxylation sites is 1. The molecule has 1 atom stereocenters. The molecule has 1 unspecified atom stereocenters. The van der Waals surface area contributed by atoms with E-state index < -0.39 is 8.03 Å². The van der Waals surface area contributed by atoms with Crippen LogP contribution in [0.3, 0.4) is 0 Å². The summed E-state index contributed by atoms with van der Waals surface area (Å²) in [6.07, 6.45) is 0.287. The Morgan fingerprint density at radius 3 is 2.60 bits per heavy atom. The summed E-state index contributed by atoms with van der Waals surface area (Å²) >= 11 is 0. The summed E-state index contributed by atoms with van der Waals surface area (Å²) in [7, 11) is -0.547. The highest BCUT2D eigenvalue weighted by molar-refractivity contribution is 7.39. The van der Waals surface area contributed by atoms with Crippen LogP contribution in [-0.2, 0) is 14.1 Å². The van der Waals surface area contributed by atoms with E-state index in [4.69, 9.17) is 4.52 Å². The maximum Gasteiger partial charge on any atom is 0.556 e. The minimum Gasteiger partial charge on any atom is -0.469 e. The second kappa shape index (κ2) is 6.14. The zero-order chi connectivity index (χ0) is 11.1. The summed E-state index contributed by atoms with van der Waals surface area (Å²) < 4.78 is 20.9.